The topological polar surface area (TPSA) is 61.6 Å². The molecule has 2 rings (SSSR count). The van der Waals surface area contributed by atoms with Gasteiger partial charge in [0, 0.05) is 11.8 Å². The van der Waals surface area contributed by atoms with E-state index in [0.717, 1.165) is 5.56 Å². The first-order valence-electron chi connectivity index (χ1n) is 7.05. The Kier molecular flexibility index (Phi) is 5.60. The van der Waals surface area contributed by atoms with E-state index in [0.29, 0.717) is 11.4 Å². The highest BCUT2D eigenvalue weighted by molar-refractivity contribution is 5.87. The minimum absolute atomic E-state index is 0.287. The van der Waals surface area contributed by atoms with Crippen molar-refractivity contribution in [1.82, 2.24) is 0 Å². The van der Waals surface area contributed by atoms with E-state index in [-0.39, 0.29) is 12.7 Å². The maximum atomic E-state index is 11.7. The fourth-order valence-corrected chi connectivity index (χ4v) is 1.78. The van der Waals surface area contributed by atoms with Crippen molar-refractivity contribution in [1.29, 1.82) is 0 Å². The van der Waals surface area contributed by atoms with E-state index in [1.165, 1.54) is 6.08 Å². The molecule has 4 nitrogen and oxygen atoms in total. The number of carbonyl (C=O) groups excluding carboxylic acids is 1. The number of hydrogen-bond donors (Lipinski definition) is 1. The number of rotatable bonds is 6. The maximum absolute atomic E-state index is 11.7. The summed E-state index contributed by atoms with van der Waals surface area (Å²) in [6.45, 7) is 2.07. The first-order chi connectivity index (χ1) is 10.6. The van der Waals surface area contributed by atoms with Crippen molar-refractivity contribution < 1.29 is 14.3 Å². The molecule has 1 atom stereocenters. The van der Waals surface area contributed by atoms with E-state index >= 15 is 0 Å². The van der Waals surface area contributed by atoms with Gasteiger partial charge in [-0.25, -0.2) is 4.79 Å². The molecule has 0 saturated heterocycles. The second kappa shape index (κ2) is 7.88. The van der Waals surface area contributed by atoms with Gasteiger partial charge in [0.15, 0.2) is 0 Å². The molecule has 0 amide bonds. The summed E-state index contributed by atoms with van der Waals surface area (Å²) in [5.41, 5.74) is 7.23. The van der Waals surface area contributed by atoms with E-state index in [9.17, 15) is 4.79 Å². The summed E-state index contributed by atoms with van der Waals surface area (Å²) >= 11 is 0. The van der Waals surface area contributed by atoms with Crippen LogP contribution < -0.4 is 10.5 Å². The van der Waals surface area contributed by atoms with Gasteiger partial charge in [0.25, 0.3) is 0 Å². The lowest BCUT2D eigenvalue weighted by atomic mass is 10.2. The summed E-state index contributed by atoms with van der Waals surface area (Å²) in [6, 6.07) is 16.6. The molecule has 22 heavy (non-hydrogen) atoms. The Bertz CT molecular complexity index is 621. The number of carbonyl (C=O) groups is 1. The molecule has 1 unspecified atom stereocenters. The third-order valence-corrected chi connectivity index (χ3v) is 2.89. The molecule has 2 aromatic rings. The van der Waals surface area contributed by atoms with E-state index in [1.54, 1.807) is 37.3 Å². The van der Waals surface area contributed by atoms with Crippen molar-refractivity contribution in [3.63, 3.8) is 0 Å². The molecule has 114 valence electrons. The highest BCUT2D eigenvalue weighted by atomic mass is 16.6. The molecule has 0 saturated carbocycles. The van der Waals surface area contributed by atoms with Gasteiger partial charge in [-0.15, -0.1) is 0 Å². The highest BCUT2D eigenvalue weighted by Gasteiger charge is 2.07. The summed E-state index contributed by atoms with van der Waals surface area (Å²) in [5.74, 6) is 0.300. The summed E-state index contributed by atoms with van der Waals surface area (Å²) in [5, 5.41) is 0. The molecule has 0 fully saturated rings. The zero-order valence-electron chi connectivity index (χ0n) is 12.4. The third-order valence-electron chi connectivity index (χ3n) is 2.89. The molecule has 0 aliphatic heterocycles. The van der Waals surface area contributed by atoms with Gasteiger partial charge in [0.1, 0.15) is 18.5 Å². The summed E-state index contributed by atoms with van der Waals surface area (Å²) in [6.07, 6.45) is 2.79. The Morgan fingerprint density at radius 2 is 1.82 bits per heavy atom. The van der Waals surface area contributed by atoms with Crippen molar-refractivity contribution in [2.24, 2.45) is 0 Å². The molecule has 0 aromatic heterocycles. The normalized spacial score (nSPS) is 12.0. The van der Waals surface area contributed by atoms with Crippen LogP contribution in [0, 0.1) is 0 Å². The Hall–Kier alpha value is -2.75. The second-order valence-electron chi connectivity index (χ2n) is 4.87. The van der Waals surface area contributed by atoms with Gasteiger partial charge >= 0.3 is 5.97 Å². The number of anilines is 1. The van der Waals surface area contributed by atoms with Gasteiger partial charge in [0.2, 0.25) is 0 Å². The molecular weight excluding hydrogens is 278 g/mol. The molecule has 0 radical (unpaired) electrons. The highest BCUT2D eigenvalue weighted by Crippen LogP contribution is 2.13. The van der Waals surface area contributed by atoms with Crippen LogP contribution in [0.25, 0.3) is 6.08 Å². The standard InChI is InChI=1S/C18H19NO3/c1-14(13-21-17-10-8-16(19)9-11-17)22-18(20)12-7-15-5-3-2-4-6-15/h2-12,14H,13,19H2,1H3. The van der Waals surface area contributed by atoms with Gasteiger partial charge < -0.3 is 15.2 Å². The Morgan fingerprint density at radius 3 is 2.50 bits per heavy atom. The summed E-state index contributed by atoms with van der Waals surface area (Å²) in [7, 11) is 0. The minimum atomic E-state index is -0.391. The lowest BCUT2D eigenvalue weighted by Gasteiger charge is -2.13. The smallest absolute Gasteiger partial charge is 0.331 e. The molecule has 0 spiro atoms. The Morgan fingerprint density at radius 1 is 1.14 bits per heavy atom. The molecule has 0 heterocycles. The van der Waals surface area contributed by atoms with Gasteiger partial charge in [-0.05, 0) is 42.8 Å². The molecular formula is C18H19NO3. The largest absolute Gasteiger partial charge is 0.490 e. The first kappa shape index (κ1) is 15.6. The quantitative estimate of drug-likeness (QED) is 0.505. The van der Waals surface area contributed by atoms with Crippen molar-refractivity contribution in [3.8, 4) is 5.75 Å². The number of benzene rings is 2. The van der Waals surface area contributed by atoms with Crippen molar-refractivity contribution in [3.05, 3.63) is 66.2 Å². The second-order valence-corrected chi connectivity index (χ2v) is 4.87. The lowest BCUT2D eigenvalue weighted by Crippen LogP contribution is -2.20. The zero-order valence-corrected chi connectivity index (χ0v) is 12.4. The van der Waals surface area contributed by atoms with Crippen LogP contribution in [0.2, 0.25) is 0 Å². The lowest BCUT2D eigenvalue weighted by molar-refractivity contribution is -0.143. The first-order valence-corrected chi connectivity index (χ1v) is 7.05. The van der Waals surface area contributed by atoms with Crippen LogP contribution in [0.1, 0.15) is 12.5 Å². The Balaban J connectivity index is 1.76. The fourth-order valence-electron chi connectivity index (χ4n) is 1.78. The summed E-state index contributed by atoms with van der Waals surface area (Å²) in [4.78, 5) is 11.7. The summed E-state index contributed by atoms with van der Waals surface area (Å²) < 4.78 is 10.8. The molecule has 0 aliphatic rings. The number of esters is 1. The van der Waals surface area contributed by atoms with E-state index in [1.807, 2.05) is 30.3 Å². The average Bonchev–Trinajstić information content (AvgIpc) is 2.53. The van der Waals surface area contributed by atoms with Crippen LogP contribution in [0.4, 0.5) is 5.69 Å². The van der Waals surface area contributed by atoms with E-state index in [2.05, 4.69) is 0 Å². The van der Waals surface area contributed by atoms with Crippen LogP contribution in [-0.2, 0) is 9.53 Å². The Labute approximate surface area is 130 Å². The SMILES string of the molecule is CC(COc1ccc(N)cc1)OC(=O)C=Cc1ccccc1. The molecule has 4 heteroatoms. The maximum Gasteiger partial charge on any atom is 0.331 e. The number of nitrogens with two attached hydrogens (primary N) is 1. The van der Waals surface area contributed by atoms with Crippen LogP contribution in [0.3, 0.4) is 0 Å². The van der Waals surface area contributed by atoms with E-state index in [4.69, 9.17) is 15.2 Å². The van der Waals surface area contributed by atoms with Gasteiger partial charge in [-0.1, -0.05) is 30.3 Å². The fraction of sp³-hybridized carbons (Fsp3) is 0.167. The van der Waals surface area contributed by atoms with Crippen LogP contribution in [0.5, 0.6) is 5.75 Å². The van der Waals surface area contributed by atoms with E-state index < -0.39 is 5.97 Å². The zero-order chi connectivity index (χ0) is 15.8. The number of ether oxygens (including phenoxy) is 2. The molecule has 0 aliphatic carbocycles. The van der Waals surface area contributed by atoms with Crippen molar-refractivity contribution in [2.45, 2.75) is 13.0 Å². The van der Waals surface area contributed by atoms with Crippen LogP contribution >= 0.6 is 0 Å². The third kappa shape index (κ3) is 5.32. The van der Waals surface area contributed by atoms with Crippen molar-refractivity contribution in [2.75, 3.05) is 12.3 Å². The molecule has 2 aromatic carbocycles. The average molecular weight is 297 g/mol. The van der Waals surface area contributed by atoms with Crippen molar-refractivity contribution >= 4 is 17.7 Å². The number of nitrogen functional groups attached to an aromatic ring is 1. The van der Waals surface area contributed by atoms with Crippen LogP contribution in [-0.4, -0.2) is 18.7 Å². The number of hydrogen-bond acceptors (Lipinski definition) is 4. The van der Waals surface area contributed by atoms with Crippen LogP contribution in [0.15, 0.2) is 60.7 Å². The predicted octanol–water partition coefficient (Wildman–Crippen LogP) is 3.29. The van der Waals surface area contributed by atoms with Gasteiger partial charge in [-0.3, -0.25) is 0 Å². The predicted molar refractivity (Wildman–Crippen MR) is 87.4 cm³/mol. The van der Waals surface area contributed by atoms with Gasteiger partial charge in [-0.2, -0.15) is 0 Å². The molecule has 0 bridgehead atoms. The molecule has 2 N–H and O–H groups in total. The van der Waals surface area contributed by atoms with Gasteiger partial charge in [0.05, 0.1) is 0 Å². The minimum Gasteiger partial charge on any atom is -0.490 e. The monoisotopic (exact) mass is 297 g/mol.